The lowest BCUT2D eigenvalue weighted by molar-refractivity contribution is -0.130. The van der Waals surface area contributed by atoms with Gasteiger partial charge in [-0.05, 0) is 30.9 Å². The van der Waals surface area contributed by atoms with Crippen LogP contribution in [0.15, 0.2) is 29.4 Å². The number of hydrogen-bond acceptors (Lipinski definition) is 4. The van der Waals surface area contributed by atoms with Crippen molar-refractivity contribution in [1.82, 2.24) is 19.7 Å². The van der Waals surface area contributed by atoms with Crippen molar-refractivity contribution in [2.45, 2.75) is 24.9 Å². The first-order valence-electron chi connectivity index (χ1n) is 8.11. The third-order valence-corrected chi connectivity index (χ3v) is 5.62. The Bertz CT molecular complexity index is 733. The number of aromatic nitrogens is 3. The van der Waals surface area contributed by atoms with Crippen molar-refractivity contribution in [3.63, 3.8) is 0 Å². The summed E-state index contributed by atoms with van der Waals surface area (Å²) in [6, 6.07) is 7.56. The Hall–Kier alpha value is -1.53. The van der Waals surface area contributed by atoms with Crippen LogP contribution in [-0.4, -0.2) is 44.4 Å². The maximum atomic E-state index is 12.4. The highest BCUT2D eigenvalue weighted by Crippen LogP contribution is 2.28. The Labute approximate surface area is 151 Å². The number of thioether (sulfide) groups is 1. The third-order valence-electron chi connectivity index (χ3n) is 4.28. The fourth-order valence-corrected chi connectivity index (χ4v) is 3.99. The van der Waals surface area contributed by atoms with E-state index in [0.717, 1.165) is 30.2 Å². The molecule has 1 amide bonds. The van der Waals surface area contributed by atoms with E-state index >= 15 is 0 Å². The van der Waals surface area contributed by atoms with Gasteiger partial charge in [-0.1, -0.05) is 42.4 Å². The van der Waals surface area contributed by atoms with Crippen molar-refractivity contribution in [2.24, 2.45) is 13.0 Å². The normalized spacial score (nSPS) is 18.0. The van der Waals surface area contributed by atoms with Crippen molar-refractivity contribution in [3.05, 3.63) is 29.3 Å². The first-order valence-corrected chi connectivity index (χ1v) is 9.47. The molecule has 3 rings (SSSR count). The summed E-state index contributed by atoms with van der Waals surface area (Å²) in [4.78, 5) is 14.4. The van der Waals surface area contributed by atoms with E-state index < -0.39 is 0 Å². The molecule has 1 aliphatic rings. The average molecular weight is 365 g/mol. The van der Waals surface area contributed by atoms with Crippen molar-refractivity contribution in [3.8, 4) is 11.4 Å². The monoisotopic (exact) mass is 364 g/mol. The van der Waals surface area contributed by atoms with Gasteiger partial charge in [0.25, 0.3) is 0 Å². The van der Waals surface area contributed by atoms with Crippen LogP contribution in [0.2, 0.25) is 5.02 Å². The average Bonchev–Trinajstić information content (AvgIpc) is 2.94. The molecule has 1 aromatic heterocycles. The van der Waals surface area contributed by atoms with Gasteiger partial charge >= 0.3 is 0 Å². The molecule has 1 fully saturated rings. The van der Waals surface area contributed by atoms with Crippen LogP contribution in [0.5, 0.6) is 0 Å². The van der Waals surface area contributed by atoms with Crippen molar-refractivity contribution >= 4 is 29.3 Å². The SMILES string of the molecule is C[C@H]1CCCN(C(=O)CSc2nnc(-c3ccccc3Cl)n2C)C1. The number of nitrogens with zero attached hydrogens (tertiary/aromatic N) is 4. The Kier molecular flexibility index (Phi) is 5.46. The maximum absolute atomic E-state index is 12.4. The number of likely N-dealkylation sites (tertiary alicyclic amines) is 1. The van der Waals surface area contributed by atoms with Crippen LogP contribution in [0, 0.1) is 5.92 Å². The molecule has 2 heterocycles. The fraction of sp³-hybridized carbons (Fsp3) is 0.471. The predicted octanol–water partition coefficient (Wildman–Crippen LogP) is 3.49. The van der Waals surface area contributed by atoms with Crippen molar-refractivity contribution in [2.75, 3.05) is 18.8 Å². The lowest BCUT2D eigenvalue weighted by atomic mass is 10.0. The van der Waals surface area contributed by atoms with E-state index in [-0.39, 0.29) is 5.91 Å². The highest BCUT2D eigenvalue weighted by Gasteiger charge is 2.22. The van der Waals surface area contributed by atoms with E-state index in [9.17, 15) is 4.79 Å². The molecule has 1 saturated heterocycles. The topological polar surface area (TPSA) is 51.0 Å². The van der Waals surface area contributed by atoms with Gasteiger partial charge < -0.3 is 9.47 Å². The molecule has 128 valence electrons. The molecular formula is C17H21ClN4OS. The zero-order chi connectivity index (χ0) is 17.1. The minimum Gasteiger partial charge on any atom is -0.342 e. The number of carbonyl (C=O) groups excluding carboxylic acids is 1. The Morgan fingerprint density at radius 1 is 1.38 bits per heavy atom. The van der Waals surface area contributed by atoms with Gasteiger partial charge in [0.1, 0.15) is 0 Å². The van der Waals surface area contributed by atoms with Crippen molar-refractivity contribution in [1.29, 1.82) is 0 Å². The first-order chi connectivity index (χ1) is 11.6. The third kappa shape index (κ3) is 3.75. The molecule has 0 radical (unpaired) electrons. The van der Waals surface area contributed by atoms with Gasteiger partial charge in [-0.3, -0.25) is 4.79 Å². The molecular weight excluding hydrogens is 344 g/mol. The first kappa shape index (κ1) is 17.3. The van der Waals surface area contributed by atoms with E-state index in [1.165, 1.54) is 18.2 Å². The van der Waals surface area contributed by atoms with Crippen LogP contribution in [0.4, 0.5) is 0 Å². The number of hydrogen-bond donors (Lipinski definition) is 0. The van der Waals surface area contributed by atoms with Crippen LogP contribution >= 0.6 is 23.4 Å². The zero-order valence-corrected chi connectivity index (χ0v) is 15.5. The van der Waals surface area contributed by atoms with Gasteiger partial charge in [0.05, 0.1) is 10.8 Å². The summed E-state index contributed by atoms with van der Waals surface area (Å²) in [5.41, 5.74) is 0.845. The van der Waals surface area contributed by atoms with Gasteiger partial charge in [-0.15, -0.1) is 10.2 Å². The van der Waals surface area contributed by atoms with E-state index in [2.05, 4.69) is 17.1 Å². The molecule has 7 heteroatoms. The molecule has 0 spiro atoms. The smallest absolute Gasteiger partial charge is 0.233 e. The molecule has 1 aliphatic heterocycles. The number of halogens is 1. The van der Waals surface area contributed by atoms with Crippen LogP contribution < -0.4 is 0 Å². The van der Waals surface area contributed by atoms with Crippen LogP contribution in [0.3, 0.4) is 0 Å². The Morgan fingerprint density at radius 3 is 2.92 bits per heavy atom. The van der Waals surface area contributed by atoms with Crippen LogP contribution in [0.1, 0.15) is 19.8 Å². The van der Waals surface area contributed by atoms with Gasteiger partial charge in [0.2, 0.25) is 5.91 Å². The van der Waals surface area contributed by atoms with E-state index in [4.69, 9.17) is 11.6 Å². The predicted molar refractivity (Wildman–Crippen MR) is 97.2 cm³/mol. The Morgan fingerprint density at radius 2 is 2.17 bits per heavy atom. The minimum atomic E-state index is 0.175. The van der Waals surface area contributed by atoms with Gasteiger partial charge in [0.15, 0.2) is 11.0 Å². The van der Waals surface area contributed by atoms with E-state index in [1.807, 2.05) is 40.8 Å². The van der Waals surface area contributed by atoms with Gasteiger partial charge in [-0.2, -0.15) is 0 Å². The van der Waals surface area contributed by atoms with Crippen LogP contribution in [-0.2, 0) is 11.8 Å². The molecule has 0 N–H and O–H groups in total. The zero-order valence-electron chi connectivity index (χ0n) is 13.9. The largest absolute Gasteiger partial charge is 0.342 e. The summed E-state index contributed by atoms with van der Waals surface area (Å²) in [6.45, 7) is 3.93. The molecule has 0 unspecified atom stereocenters. The molecule has 0 aliphatic carbocycles. The summed E-state index contributed by atoms with van der Waals surface area (Å²) in [5.74, 6) is 1.87. The molecule has 5 nitrogen and oxygen atoms in total. The fourth-order valence-electron chi connectivity index (χ4n) is 2.95. The molecule has 1 aromatic carbocycles. The maximum Gasteiger partial charge on any atom is 0.233 e. The summed E-state index contributed by atoms with van der Waals surface area (Å²) in [6.07, 6.45) is 2.31. The summed E-state index contributed by atoms with van der Waals surface area (Å²) in [7, 11) is 1.90. The number of benzene rings is 1. The van der Waals surface area contributed by atoms with E-state index in [0.29, 0.717) is 22.5 Å². The highest BCUT2D eigenvalue weighted by molar-refractivity contribution is 7.99. The summed E-state index contributed by atoms with van der Waals surface area (Å²) >= 11 is 7.66. The molecule has 24 heavy (non-hydrogen) atoms. The molecule has 0 saturated carbocycles. The van der Waals surface area contributed by atoms with Gasteiger partial charge in [-0.25, -0.2) is 0 Å². The number of amides is 1. The standard InChI is InChI=1S/C17H21ClN4OS/c1-12-6-5-9-22(10-12)15(23)11-24-17-20-19-16(21(17)2)13-7-3-4-8-14(13)18/h3-4,7-8,12H,5-6,9-11H2,1-2H3/t12-/m0/s1. The minimum absolute atomic E-state index is 0.175. The van der Waals surface area contributed by atoms with Gasteiger partial charge in [0, 0.05) is 25.7 Å². The van der Waals surface area contributed by atoms with Crippen molar-refractivity contribution < 1.29 is 4.79 Å². The number of carbonyl (C=O) groups is 1. The lowest BCUT2D eigenvalue weighted by Gasteiger charge is -2.30. The molecule has 1 atom stereocenters. The quantitative estimate of drug-likeness (QED) is 0.779. The second-order valence-electron chi connectivity index (χ2n) is 6.22. The number of rotatable bonds is 4. The summed E-state index contributed by atoms with van der Waals surface area (Å²) in [5, 5.41) is 9.81. The Balaban J connectivity index is 1.66. The molecule has 2 aromatic rings. The number of piperidine rings is 1. The second kappa shape index (κ2) is 7.57. The summed E-state index contributed by atoms with van der Waals surface area (Å²) < 4.78 is 1.89. The van der Waals surface area contributed by atoms with E-state index in [1.54, 1.807) is 0 Å². The lowest BCUT2D eigenvalue weighted by Crippen LogP contribution is -2.40. The second-order valence-corrected chi connectivity index (χ2v) is 7.57. The van der Waals surface area contributed by atoms with Crippen LogP contribution in [0.25, 0.3) is 11.4 Å². The highest BCUT2D eigenvalue weighted by atomic mass is 35.5. The molecule has 0 bridgehead atoms.